The molecule has 0 spiro atoms. The van der Waals surface area contributed by atoms with Crippen LogP contribution in [-0.2, 0) is 4.79 Å². The Kier molecular flexibility index (Phi) is 5.61. The summed E-state index contributed by atoms with van der Waals surface area (Å²) in [6, 6.07) is 11.3. The molecule has 1 unspecified atom stereocenters. The summed E-state index contributed by atoms with van der Waals surface area (Å²) in [7, 11) is 0. The van der Waals surface area contributed by atoms with E-state index in [4.69, 9.17) is 23.2 Å². The highest BCUT2D eigenvalue weighted by molar-refractivity contribution is 6.36. The second-order valence-corrected chi connectivity index (χ2v) is 6.18. The fourth-order valence-electron chi connectivity index (χ4n) is 2.09. The number of amides is 1. The van der Waals surface area contributed by atoms with Crippen molar-refractivity contribution in [2.24, 2.45) is 5.92 Å². The highest BCUT2D eigenvalue weighted by Gasteiger charge is 2.28. The molecule has 4 nitrogen and oxygen atoms in total. The summed E-state index contributed by atoms with van der Waals surface area (Å²) in [6.07, 6.45) is 0. The van der Waals surface area contributed by atoms with E-state index in [2.05, 4.69) is 5.32 Å². The first-order chi connectivity index (χ1) is 11.3. The third-order valence-electron chi connectivity index (χ3n) is 3.63. The molecule has 0 aliphatic carbocycles. The molecule has 6 heteroatoms. The highest BCUT2D eigenvalue weighted by Crippen LogP contribution is 2.26. The second-order valence-electron chi connectivity index (χ2n) is 5.34. The maximum atomic E-state index is 12.5. The molecule has 0 saturated heterocycles. The zero-order chi connectivity index (χ0) is 17.9. The van der Waals surface area contributed by atoms with Gasteiger partial charge in [-0.1, -0.05) is 35.3 Å². The quantitative estimate of drug-likeness (QED) is 0.641. The summed E-state index contributed by atoms with van der Waals surface area (Å²) in [5.41, 5.74) is 2.55. The topological polar surface area (TPSA) is 70.0 Å². The van der Waals surface area contributed by atoms with E-state index in [0.717, 1.165) is 11.1 Å². The first kappa shape index (κ1) is 18.0. The Bertz CT molecular complexity index is 857. The van der Waals surface area contributed by atoms with E-state index in [-0.39, 0.29) is 5.02 Å². The summed E-state index contributed by atoms with van der Waals surface area (Å²) >= 11 is 11.8. The Morgan fingerprint density at radius 1 is 1.08 bits per heavy atom. The number of carbonyl (C=O) groups excluding carboxylic acids is 2. The smallest absolute Gasteiger partial charge is 0.249 e. The van der Waals surface area contributed by atoms with Crippen molar-refractivity contribution in [2.45, 2.75) is 13.8 Å². The average Bonchev–Trinajstić information content (AvgIpc) is 2.53. The SMILES string of the molecule is Cc1ccc(C(=O)C(C#N)C(=O)Nc2ccc(Cl)cc2Cl)cc1C. The molecule has 0 fully saturated rings. The fraction of sp³-hybridized carbons (Fsp3) is 0.167. The number of rotatable bonds is 4. The number of hydrogen-bond acceptors (Lipinski definition) is 3. The van der Waals surface area contributed by atoms with Gasteiger partial charge in [-0.25, -0.2) is 0 Å². The largest absolute Gasteiger partial charge is 0.323 e. The van der Waals surface area contributed by atoms with Crippen LogP contribution in [0.5, 0.6) is 0 Å². The second kappa shape index (κ2) is 7.48. The number of benzene rings is 2. The molecule has 1 atom stereocenters. The van der Waals surface area contributed by atoms with Gasteiger partial charge in [-0.05, 0) is 49.2 Å². The molecule has 0 radical (unpaired) electrons. The van der Waals surface area contributed by atoms with E-state index in [0.29, 0.717) is 16.3 Å². The van der Waals surface area contributed by atoms with Crippen molar-refractivity contribution in [3.63, 3.8) is 0 Å². The molecule has 0 aromatic heterocycles. The molecule has 0 saturated carbocycles. The van der Waals surface area contributed by atoms with Crippen molar-refractivity contribution < 1.29 is 9.59 Å². The summed E-state index contributed by atoms with van der Waals surface area (Å²) in [5, 5.41) is 12.4. The zero-order valence-corrected chi connectivity index (χ0v) is 14.6. The van der Waals surface area contributed by atoms with Gasteiger partial charge in [0.1, 0.15) is 0 Å². The molecule has 2 aromatic carbocycles. The molecule has 0 heterocycles. The van der Waals surface area contributed by atoms with Crippen LogP contribution in [0.25, 0.3) is 0 Å². The lowest BCUT2D eigenvalue weighted by molar-refractivity contribution is -0.117. The Morgan fingerprint density at radius 3 is 2.38 bits per heavy atom. The number of hydrogen-bond donors (Lipinski definition) is 1. The lowest BCUT2D eigenvalue weighted by Gasteiger charge is -2.12. The van der Waals surface area contributed by atoms with Gasteiger partial charge in [0, 0.05) is 10.6 Å². The van der Waals surface area contributed by atoms with Gasteiger partial charge >= 0.3 is 0 Å². The molecule has 0 aliphatic rings. The Labute approximate surface area is 150 Å². The summed E-state index contributed by atoms with van der Waals surface area (Å²) < 4.78 is 0. The lowest BCUT2D eigenvalue weighted by Crippen LogP contribution is -2.28. The Hall–Kier alpha value is -2.35. The third kappa shape index (κ3) is 3.94. The molecule has 1 N–H and O–H groups in total. The zero-order valence-electron chi connectivity index (χ0n) is 13.1. The number of nitriles is 1. The molecule has 0 bridgehead atoms. The molecular weight excluding hydrogens is 347 g/mol. The fourth-order valence-corrected chi connectivity index (χ4v) is 2.55. The number of carbonyl (C=O) groups is 2. The van der Waals surface area contributed by atoms with Crippen LogP contribution >= 0.6 is 23.2 Å². The summed E-state index contributed by atoms with van der Waals surface area (Å²) in [6.45, 7) is 3.78. The van der Waals surface area contributed by atoms with E-state index >= 15 is 0 Å². The van der Waals surface area contributed by atoms with Crippen molar-refractivity contribution in [3.8, 4) is 6.07 Å². The van der Waals surface area contributed by atoms with E-state index in [9.17, 15) is 14.9 Å². The van der Waals surface area contributed by atoms with Crippen LogP contribution in [0.4, 0.5) is 5.69 Å². The lowest BCUT2D eigenvalue weighted by atomic mass is 9.95. The van der Waals surface area contributed by atoms with Crippen molar-refractivity contribution in [1.29, 1.82) is 5.26 Å². The average molecular weight is 361 g/mol. The van der Waals surface area contributed by atoms with Crippen LogP contribution in [0.3, 0.4) is 0 Å². The number of nitrogens with one attached hydrogen (secondary N) is 1. The van der Waals surface area contributed by atoms with Gasteiger partial charge in [-0.15, -0.1) is 0 Å². The maximum absolute atomic E-state index is 12.5. The van der Waals surface area contributed by atoms with Crippen molar-refractivity contribution in [3.05, 3.63) is 63.1 Å². The monoisotopic (exact) mass is 360 g/mol. The molecule has 2 rings (SSSR count). The minimum absolute atomic E-state index is 0.228. The highest BCUT2D eigenvalue weighted by atomic mass is 35.5. The van der Waals surface area contributed by atoms with Crippen molar-refractivity contribution in [2.75, 3.05) is 5.32 Å². The predicted octanol–water partition coefficient (Wildman–Crippen LogP) is 4.57. The molecule has 122 valence electrons. The van der Waals surface area contributed by atoms with Gasteiger partial charge in [0.25, 0.3) is 0 Å². The Morgan fingerprint density at radius 2 is 1.79 bits per heavy atom. The normalized spacial score (nSPS) is 11.5. The van der Waals surface area contributed by atoms with Crippen LogP contribution in [0, 0.1) is 31.1 Å². The van der Waals surface area contributed by atoms with Crippen LogP contribution in [0.15, 0.2) is 36.4 Å². The van der Waals surface area contributed by atoms with Gasteiger partial charge in [-0.2, -0.15) is 5.26 Å². The van der Waals surface area contributed by atoms with E-state index in [1.54, 1.807) is 30.3 Å². The first-order valence-corrected chi connectivity index (χ1v) is 7.86. The number of nitrogens with zero attached hydrogens (tertiary/aromatic N) is 1. The number of Topliss-reactive ketones (excluding diaryl/α,β-unsaturated/α-hetero) is 1. The van der Waals surface area contributed by atoms with Gasteiger partial charge in [0.05, 0.1) is 16.8 Å². The number of aryl methyl sites for hydroxylation is 2. The van der Waals surface area contributed by atoms with Crippen LogP contribution in [0.2, 0.25) is 10.0 Å². The number of ketones is 1. The van der Waals surface area contributed by atoms with Crippen LogP contribution < -0.4 is 5.32 Å². The number of halogens is 2. The summed E-state index contributed by atoms with van der Waals surface area (Å²) in [5.74, 6) is -2.74. The van der Waals surface area contributed by atoms with Crippen molar-refractivity contribution >= 4 is 40.6 Å². The van der Waals surface area contributed by atoms with Crippen LogP contribution in [0.1, 0.15) is 21.5 Å². The predicted molar refractivity (Wildman–Crippen MR) is 94.4 cm³/mol. The van der Waals surface area contributed by atoms with E-state index in [1.807, 2.05) is 13.8 Å². The third-order valence-corrected chi connectivity index (χ3v) is 4.18. The van der Waals surface area contributed by atoms with Crippen LogP contribution in [-0.4, -0.2) is 11.7 Å². The first-order valence-electron chi connectivity index (χ1n) is 7.10. The van der Waals surface area contributed by atoms with E-state index < -0.39 is 17.6 Å². The molecule has 24 heavy (non-hydrogen) atoms. The van der Waals surface area contributed by atoms with E-state index in [1.165, 1.54) is 12.1 Å². The minimum atomic E-state index is -1.46. The van der Waals surface area contributed by atoms with Crippen molar-refractivity contribution in [1.82, 2.24) is 0 Å². The number of anilines is 1. The minimum Gasteiger partial charge on any atom is -0.323 e. The summed E-state index contributed by atoms with van der Waals surface area (Å²) in [4.78, 5) is 24.8. The maximum Gasteiger partial charge on any atom is 0.249 e. The molecule has 1 amide bonds. The van der Waals surface area contributed by atoms with Gasteiger partial charge in [0.2, 0.25) is 5.91 Å². The molecule has 0 aliphatic heterocycles. The molecule has 2 aromatic rings. The van der Waals surface area contributed by atoms with Gasteiger partial charge in [-0.3, -0.25) is 9.59 Å². The standard InChI is InChI=1S/C18H14Cl2N2O2/c1-10-3-4-12(7-11(10)2)17(23)14(9-21)18(24)22-16-6-5-13(19)8-15(16)20/h3-8,14H,1-2H3,(H,22,24). The molecular formula is C18H14Cl2N2O2. The van der Waals surface area contributed by atoms with Gasteiger partial charge in [0.15, 0.2) is 11.7 Å². The van der Waals surface area contributed by atoms with Gasteiger partial charge < -0.3 is 5.32 Å². The Balaban J connectivity index is 2.23.